The number of rotatable bonds is 2. The second-order valence-electron chi connectivity index (χ2n) is 2.15. The minimum Gasteiger partial charge on any atom is -0.357 e. The number of hydrogen-bond donors (Lipinski definition) is 0. The van der Waals surface area contributed by atoms with Crippen LogP contribution in [-0.2, 0) is 0 Å². The topological polar surface area (TPSA) is 39.9 Å². The van der Waals surface area contributed by atoms with Gasteiger partial charge < -0.3 is 4.84 Å². The molecule has 1 aromatic heterocycles. The smallest absolute Gasteiger partial charge is 0.157 e. The highest BCUT2D eigenvalue weighted by Gasteiger charge is 1.93. The van der Waals surface area contributed by atoms with E-state index in [9.17, 15) is 0 Å². The summed E-state index contributed by atoms with van der Waals surface area (Å²) < 4.78 is 0. The van der Waals surface area contributed by atoms with Crippen LogP contribution >= 0.6 is 0 Å². The van der Waals surface area contributed by atoms with Crippen molar-refractivity contribution in [1.82, 2.24) is 15.2 Å². The van der Waals surface area contributed by atoms with Gasteiger partial charge in [0.25, 0.3) is 0 Å². The second-order valence-corrected chi connectivity index (χ2v) is 2.15. The number of hydrogen-bond acceptors (Lipinski definition) is 3. The Morgan fingerprint density at radius 1 is 1.25 bits per heavy atom. The zero-order valence-electron chi connectivity index (χ0n) is 6.21. The van der Waals surface area contributed by atoms with E-state index in [1.807, 2.05) is 30.3 Å². The molecular weight excluding hydrogens is 154 g/mol. The largest absolute Gasteiger partial charge is 0.357 e. The first-order valence-electron chi connectivity index (χ1n) is 3.47. The van der Waals surface area contributed by atoms with Crippen molar-refractivity contribution in [3.63, 3.8) is 0 Å². The molecule has 59 valence electrons. The fraction of sp³-hybridized carbons (Fsp3) is 0. The molecule has 0 aliphatic carbocycles. The van der Waals surface area contributed by atoms with Crippen molar-refractivity contribution in [2.24, 2.45) is 0 Å². The van der Waals surface area contributed by atoms with E-state index in [1.54, 1.807) is 0 Å². The number of benzene rings is 1. The van der Waals surface area contributed by atoms with E-state index in [0.29, 0.717) is 0 Å². The highest BCUT2D eigenvalue weighted by atomic mass is 16.7. The van der Waals surface area contributed by atoms with Crippen molar-refractivity contribution in [2.75, 3.05) is 0 Å². The van der Waals surface area contributed by atoms with E-state index in [4.69, 9.17) is 4.84 Å². The molecule has 0 fully saturated rings. The summed E-state index contributed by atoms with van der Waals surface area (Å²) in [5, 5.41) is 7.08. The third kappa shape index (κ3) is 1.42. The number of aromatic nitrogens is 3. The van der Waals surface area contributed by atoms with Crippen LogP contribution in [0.25, 0.3) is 0 Å². The van der Waals surface area contributed by atoms with Crippen LogP contribution in [0.5, 0.6) is 5.75 Å². The van der Waals surface area contributed by atoms with Crippen LogP contribution in [0, 0.1) is 6.20 Å². The summed E-state index contributed by atoms with van der Waals surface area (Å²) in [6.45, 7) is 0. The van der Waals surface area contributed by atoms with Crippen molar-refractivity contribution >= 4 is 0 Å². The van der Waals surface area contributed by atoms with Gasteiger partial charge in [0.15, 0.2) is 5.75 Å². The van der Waals surface area contributed by atoms with E-state index < -0.39 is 0 Å². The van der Waals surface area contributed by atoms with Crippen molar-refractivity contribution < 1.29 is 4.84 Å². The van der Waals surface area contributed by atoms with Gasteiger partial charge in [0.05, 0.1) is 6.20 Å². The van der Waals surface area contributed by atoms with Crippen molar-refractivity contribution in [3.05, 3.63) is 42.7 Å². The Labute approximate surface area is 69.4 Å². The van der Waals surface area contributed by atoms with E-state index in [-0.39, 0.29) is 0 Å². The Hall–Kier alpha value is -1.84. The number of nitrogens with zero attached hydrogens (tertiary/aromatic N) is 3. The highest BCUT2D eigenvalue weighted by Crippen LogP contribution is 2.07. The van der Waals surface area contributed by atoms with Crippen LogP contribution in [0.1, 0.15) is 0 Å². The molecule has 0 unspecified atom stereocenters. The van der Waals surface area contributed by atoms with Crippen LogP contribution in [0.2, 0.25) is 0 Å². The molecule has 0 amide bonds. The summed E-state index contributed by atoms with van der Waals surface area (Å²) in [6, 6.07) is 9.36. The maximum atomic E-state index is 5.23. The molecule has 0 bridgehead atoms. The highest BCUT2D eigenvalue weighted by molar-refractivity contribution is 5.20. The second kappa shape index (κ2) is 3.04. The molecule has 0 spiro atoms. The third-order valence-corrected chi connectivity index (χ3v) is 1.30. The van der Waals surface area contributed by atoms with Crippen molar-refractivity contribution in [2.45, 2.75) is 0 Å². The molecule has 0 atom stereocenters. The van der Waals surface area contributed by atoms with Crippen LogP contribution in [-0.4, -0.2) is 15.2 Å². The lowest BCUT2D eigenvalue weighted by Gasteiger charge is -2.00. The first-order valence-corrected chi connectivity index (χ1v) is 3.47. The van der Waals surface area contributed by atoms with Gasteiger partial charge in [0.2, 0.25) is 0 Å². The quantitative estimate of drug-likeness (QED) is 0.655. The lowest BCUT2D eigenvalue weighted by atomic mass is 10.3. The molecule has 2 rings (SSSR count). The van der Waals surface area contributed by atoms with Gasteiger partial charge in [0, 0.05) is 0 Å². The van der Waals surface area contributed by atoms with Gasteiger partial charge in [-0.05, 0) is 17.3 Å². The molecule has 1 heterocycles. The van der Waals surface area contributed by atoms with Crippen LogP contribution in [0.15, 0.2) is 36.5 Å². The molecule has 0 N–H and O–H groups in total. The monoisotopic (exact) mass is 160 g/mol. The average molecular weight is 160 g/mol. The maximum absolute atomic E-state index is 5.23. The van der Waals surface area contributed by atoms with Crippen LogP contribution < -0.4 is 4.84 Å². The first-order chi connectivity index (χ1) is 5.95. The molecule has 2 aromatic rings. The van der Waals surface area contributed by atoms with E-state index in [1.165, 1.54) is 11.0 Å². The van der Waals surface area contributed by atoms with Gasteiger partial charge >= 0.3 is 0 Å². The molecule has 4 nitrogen and oxygen atoms in total. The molecule has 0 aliphatic rings. The molecule has 0 aliphatic heterocycles. The summed E-state index contributed by atoms with van der Waals surface area (Å²) in [5.74, 6) is 0.719. The van der Waals surface area contributed by atoms with Gasteiger partial charge in [-0.15, -0.1) is 5.10 Å². The first kappa shape index (κ1) is 6.84. The molecule has 0 saturated heterocycles. The Bertz CT molecular complexity index is 330. The van der Waals surface area contributed by atoms with E-state index in [2.05, 4.69) is 16.5 Å². The molecule has 4 heteroatoms. The van der Waals surface area contributed by atoms with Crippen LogP contribution in [0.4, 0.5) is 0 Å². The minimum atomic E-state index is 0.719. The lowest BCUT2D eigenvalue weighted by molar-refractivity contribution is 0.173. The SMILES string of the molecule is [c]1cn(Oc2ccccc2)nn1. The molecule has 1 aromatic carbocycles. The zero-order chi connectivity index (χ0) is 8.23. The Kier molecular flexibility index (Phi) is 1.74. The van der Waals surface area contributed by atoms with Gasteiger partial charge in [-0.2, -0.15) is 0 Å². The molecule has 1 radical (unpaired) electrons. The van der Waals surface area contributed by atoms with Gasteiger partial charge in [-0.1, -0.05) is 23.0 Å². The standard InChI is InChI=1S/C8H6N3O/c1-2-4-8(5-3-1)12-11-7-6-9-10-11/h1-5,7H. The average Bonchev–Trinajstić information content (AvgIpc) is 2.59. The van der Waals surface area contributed by atoms with E-state index >= 15 is 0 Å². The van der Waals surface area contributed by atoms with Crippen LogP contribution in [0.3, 0.4) is 0 Å². The maximum Gasteiger partial charge on any atom is 0.157 e. The minimum absolute atomic E-state index is 0.719. The number of para-hydroxylation sites is 1. The summed E-state index contributed by atoms with van der Waals surface area (Å²) in [6.07, 6.45) is 4.03. The van der Waals surface area contributed by atoms with Crippen molar-refractivity contribution in [3.8, 4) is 5.75 Å². The Morgan fingerprint density at radius 3 is 2.75 bits per heavy atom. The van der Waals surface area contributed by atoms with Gasteiger partial charge in [-0.25, -0.2) is 0 Å². The lowest BCUT2D eigenvalue weighted by Crippen LogP contribution is -2.05. The fourth-order valence-electron chi connectivity index (χ4n) is 0.805. The fourth-order valence-corrected chi connectivity index (χ4v) is 0.805. The molecular formula is C8H6N3O. The summed E-state index contributed by atoms with van der Waals surface area (Å²) in [5.41, 5.74) is 0. The third-order valence-electron chi connectivity index (χ3n) is 1.30. The molecule has 0 saturated carbocycles. The normalized spacial score (nSPS) is 9.67. The summed E-state index contributed by atoms with van der Waals surface area (Å²) in [7, 11) is 0. The Balaban J connectivity index is 2.15. The van der Waals surface area contributed by atoms with Gasteiger partial charge in [0.1, 0.15) is 6.20 Å². The van der Waals surface area contributed by atoms with E-state index in [0.717, 1.165) is 5.75 Å². The molecule has 12 heavy (non-hydrogen) atoms. The Morgan fingerprint density at radius 2 is 2.08 bits per heavy atom. The predicted octanol–water partition coefficient (Wildman–Crippen LogP) is 0.920. The summed E-state index contributed by atoms with van der Waals surface area (Å²) >= 11 is 0. The summed E-state index contributed by atoms with van der Waals surface area (Å²) in [4.78, 5) is 6.48. The predicted molar refractivity (Wildman–Crippen MR) is 41.3 cm³/mol. The van der Waals surface area contributed by atoms with Crippen molar-refractivity contribution in [1.29, 1.82) is 0 Å². The zero-order valence-corrected chi connectivity index (χ0v) is 6.21. The van der Waals surface area contributed by atoms with Gasteiger partial charge in [-0.3, -0.25) is 0 Å².